The second-order valence-electron chi connectivity index (χ2n) is 6.52. The Kier molecular flexibility index (Phi) is 5.49. The Bertz CT molecular complexity index is 669. The molecule has 4 heteroatoms. The monoisotopic (exact) mass is 322 g/mol. The molecule has 1 unspecified atom stereocenters. The molecule has 3 rings (SSSR count). The van der Waals surface area contributed by atoms with Crippen molar-refractivity contribution in [3.63, 3.8) is 0 Å². The lowest BCUT2D eigenvalue weighted by Gasteiger charge is -2.21. The fourth-order valence-corrected chi connectivity index (χ4v) is 3.33. The smallest absolute Gasteiger partial charge is 0.0404 e. The van der Waals surface area contributed by atoms with Crippen LogP contribution in [0.2, 0.25) is 0 Å². The number of nitrogens with two attached hydrogens (primary N) is 1. The summed E-state index contributed by atoms with van der Waals surface area (Å²) >= 11 is 0. The second kappa shape index (κ2) is 7.97. The summed E-state index contributed by atoms with van der Waals surface area (Å²) in [7, 11) is 0. The molecule has 0 radical (unpaired) electrons. The summed E-state index contributed by atoms with van der Waals surface area (Å²) in [5.74, 6) is 0. The first-order valence-electron chi connectivity index (χ1n) is 8.67. The summed E-state index contributed by atoms with van der Waals surface area (Å²) in [6.07, 6.45) is 4.83. The molecule has 4 N–H and O–H groups in total. The molecular formula is C20H26N4. The number of nitrogens with zero attached hydrogens (tertiary/aromatic N) is 1. The number of hydrogen-bond donors (Lipinski definition) is 3. The Labute approximate surface area is 144 Å². The molecule has 0 aliphatic carbocycles. The van der Waals surface area contributed by atoms with Gasteiger partial charge in [-0.15, -0.1) is 0 Å². The highest BCUT2D eigenvalue weighted by Crippen LogP contribution is 2.21. The molecule has 0 saturated carbocycles. The van der Waals surface area contributed by atoms with Gasteiger partial charge in [0.25, 0.3) is 0 Å². The molecule has 1 aliphatic heterocycles. The zero-order valence-electron chi connectivity index (χ0n) is 14.0. The summed E-state index contributed by atoms with van der Waals surface area (Å²) in [5, 5.41) is 11.1. The molecule has 2 aromatic carbocycles. The topological polar surface area (TPSA) is 65.1 Å². The molecule has 0 amide bonds. The van der Waals surface area contributed by atoms with Gasteiger partial charge < -0.3 is 16.5 Å². The molecule has 1 saturated heterocycles. The van der Waals surface area contributed by atoms with Gasteiger partial charge in [0.15, 0.2) is 0 Å². The lowest BCUT2D eigenvalue weighted by molar-refractivity contribution is 0.276. The maximum Gasteiger partial charge on any atom is 0.0404 e. The fourth-order valence-electron chi connectivity index (χ4n) is 3.33. The van der Waals surface area contributed by atoms with E-state index >= 15 is 0 Å². The SMILES string of the molecule is N=Cc1cc(NC2CCCN(Cc3ccccc3)CC2)ccc1N. The average molecular weight is 322 g/mol. The standard InChI is InChI=1S/C20H26N4/c21-14-17-13-19(8-9-20(17)22)23-18-7-4-11-24(12-10-18)15-16-5-2-1-3-6-16/h1-3,5-6,8-9,13-14,18,21,23H,4,7,10-12,15,22H2. The van der Waals surface area contributed by atoms with Crippen molar-refractivity contribution in [1.29, 1.82) is 5.41 Å². The van der Waals surface area contributed by atoms with Crippen molar-refractivity contribution in [2.45, 2.75) is 31.8 Å². The van der Waals surface area contributed by atoms with E-state index in [4.69, 9.17) is 11.1 Å². The van der Waals surface area contributed by atoms with E-state index in [1.165, 1.54) is 24.6 Å². The minimum absolute atomic E-state index is 0.480. The Morgan fingerprint density at radius 3 is 2.75 bits per heavy atom. The highest BCUT2D eigenvalue weighted by molar-refractivity contribution is 5.86. The molecule has 0 bridgehead atoms. The number of hydrogen-bond acceptors (Lipinski definition) is 4. The average Bonchev–Trinajstić information content (AvgIpc) is 2.83. The second-order valence-corrected chi connectivity index (χ2v) is 6.52. The van der Waals surface area contributed by atoms with E-state index in [1.807, 2.05) is 18.2 Å². The number of likely N-dealkylation sites (tertiary alicyclic amines) is 1. The predicted octanol–water partition coefficient (Wildman–Crippen LogP) is 3.73. The van der Waals surface area contributed by atoms with Crippen LogP contribution in [0.4, 0.5) is 11.4 Å². The van der Waals surface area contributed by atoms with Crippen molar-refractivity contribution in [2.75, 3.05) is 24.1 Å². The van der Waals surface area contributed by atoms with Crippen LogP contribution in [0, 0.1) is 5.41 Å². The number of anilines is 2. The van der Waals surface area contributed by atoms with Gasteiger partial charge >= 0.3 is 0 Å². The summed E-state index contributed by atoms with van der Waals surface area (Å²) in [6.45, 7) is 3.30. The maximum absolute atomic E-state index is 7.43. The normalized spacial score (nSPS) is 18.8. The van der Waals surface area contributed by atoms with E-state index in [-0.39, 0.29) is 0 Å². The van der Waals surface area contributed by atoms with Crippen LogP contribution in [0.3, 0.4) is 0 Å². The minimum Gasteiger partial charge on any atom is -0.398 e. The van der Waals surface area contributed by atoms with Crippen LogP contribution in [-0.4, -0.2) is 30.2 Å². The van der Waals surface area contributed by atoms with Gasteiger partial charge in [-0.1, -0.05) is 30.3 Å². The van der Waals surface area contributed by atoms with E-state index in [9.17, 15) is 0 Å². The molecule has 24 heavy (non-hydrogen) atoms. The number of nitrogens with one attached hydrogen (secondary N) is 2. The third-order valence-corrected chi connectivity index (χ3v) is 4.68. The molecule has 0 aromatic heterocycles. The molecule has 126 valence electrons. The van der Waals surface area contributed by atoms with Gasteiger partial charge in [-0.05, 0) is 49.6 Å². The van der Waals surface area contributed by atoms with Gasteiger partial charge in [-0.3, -0.25) is 4.90 Å². The van der Waals surface area contributed by atoms with Gasteiger partial charge in [-0.25, -0.2) is 0 Å². The van der Waals surface area contributed by atoms with Crippen molar-refractivity contribution >= 4 is 17.6 Å². The molecule has 4 nitrogen and oxygen atoms in total. The predicted molar refractivity (Wildman–Crippen MR) is 102 cm³/mol. The van der Waals surface area contributed by atoms with Gasteiger partial charge in [0, 0.05) is 42.3 Å². The van der Waals surface area contributed by atoms with Crippen LogP contribution >= 0.6 is 0 Å². The zero-order chi connectivity index (χ0) is 16.8. The Morgan fingerprint density at radius 1 is 1.12 bits per heavy atom. The number of benzene rings is 2. The fraction of sp³-hybridized carbons (Fsp3) is 0.350. The van der Waals surface area contributed by atoms with E-state index < -0.39 is 0 Å². The van der Waals surface area contributed by atoms with Crippen LogP contribution in [0.15, 0.2) is 48.5 Å². The van der Waals surface area contributed by atoms with Crippen LogP contribution in [-0.2, 0) is 6.54 Å². The zero-order valence-corrected chi connectivity index (χ0v) is 14.0. The van der Waals surface area contributed by atoms with Gasteiger partial charge in [0.2, 0.25) is 0 Å². The lowest BCUT2D eigenvalue weighted by Crippen LogP contribution is -2.26. The van der Waals surface area contributed by atoms with Crippen LogP contribution in [0.1, 0.15) is 30.4 Å². The summed E-state index contributed by atoms with van der Waals surface area (Å²) < 4.78 is 0. The van der Waals surface area contributed by atoms with Gasteiger partial charge in [-0.2, -0.15) is 0 Å². The van der Waals surface area contributed by atoms with E-state index in [1.54, 1.807) is 0 Å². The minimum atomic E-state index is 0.480. The molecule has 2 aromatic rings. The molecule has 1 aliphatic rings. The third-order valence-electron chi connectivity index (χ3n) is 4.68. The van der Waals surface area contributed by atoms with Crippen molar-refractivity contribution < 1.29 is 0 Å². The number of rotatable bonds is 5. The number of nitrogen functional groups attached to an aromatic ring is 1. The summed E-state index contributed by atoms with van der Waals surface area (Å²) in [4.78, 5) is 2.54. The van der Waals surface area contributed by atoms with Gasteiger partial charge in [0.05, 0.1) is 0 Å². The van der Waals surface area contributed by atoms with Crippen molar-refractivity contribution in [2.24, 2.45) is 0 Å². The Morgan fingerprint density at radius 2 is 1.96 bits per heavy atom. The molecule has 0 spiro atoms. The Balaban J connectivity index is 1.56. The maximum atomic E-state index is 7.43. The molecule has 1 heterocycles. The third kappa shape index (κ3) is 4.36. The van der Waals surface area contributed by atoms with E-state index in [0.29, 0.717) is 11.7 Å². The van der Waals surface area contributed by atoms with Crippen LogP contribution < -0.4 is 11.1 Å². The molecule has 1 fully saturated rings. The highest BCUT2D eigenvalue weighted by atomic mass is 15.1. The molecular weight excluding hydrogens is 296 g/mol. The largest absolute Gasteiger partial charge is 0.398 e. The molecule has 1 atom stereocenters. The first-order valence-corrected chi connectivity index (χ1v) is 8.67. The van der Waals surface area contributed by atoms with Crippen molar-refractivity contribution in [1.82, 2.24) is 4.90 Å². The van der Waals surface area contributed by atoms with Crippen molar-refractivity contribution in [3.05, 3.63) is 59.7 Å². The quantitative estimate of drug-likeness (QED) is 0.580. The lowest BCUT2D eigenvalue weighted by atomic mass is 10.1. The van der Waals surface area contributed by atoms with E-state index in [0.717, 1.165) is 37.3 Å². The van der Waals surface area contributed by atoms with Crippen molar-refractivity contribution in [3.8, 4) is 0 Å². The summed E-state index contributed by atoms with van der Waals surface area (Å²) in [5.41, 5.74) is 9.75. The van der Waals surface area contributed by atoms with Crippen LogP contribution in [0.25, 0.3) is 0 Å². The van der Waals surface area contributed by atoms with E-state index in [2.05, 4.69) is 40.5 Å². The first kappa shape index (κ1) is 16.5. The summed E-state index contributed by atoms with van der Waals surface area (Å²) in [6, 6.07) is 17.0. The van der Waals surface area contributed by atoms with Crippen LogP contribution in [0.5, 0.6) is 0 Å². The Hall–Kier alpha value is -2.33. The highest BCUT2D eigenvalue weighted by Gasteiger charge is 2.17. The first-order chi connectivity index (χ1) is 11.7. The van der Waals surface area contributed by atoms with Gasteiger partial charge in [0.1, 0.15) is 0 Å².